The third-order valence-corrected chi connectivity index (χ3v) is 3.12. The van der Waals surface area contributed by atoms with Gasteiger partial charge in [0, 0.05) is 36.2 Å². The van der Waals surface area contributed by atoms with E-state index in [2.05, 4.69) is 9.64 Å². The number of ether oxygens (including phenoxy) is 1. The molecule has 1 aliphatic rings. The average molecular weight is 239 g/mol. The molecule has 0 aliphatic carbocycles. The van der Waals surface area contributed by atoms with Crippen molar-refractivity contribution in [3.05, 3.63) is 12.3 Å². The molecule has 4 nitrogen and oxygen atoms in total. The van der Waals surface area contributed by atoms with Crippen LogP contribution in [0.25, 0.3) is 0 Å². The van der Waals surface area contributed by atoms with Crippen molar-refractivity contribution in [2.45, 2.75) is 51.6 Å². The molecule has 0 aromatic heterocycles. The van der Waals surface area contributed by atoms with Crippen molar-refractivity contribution < 1.29 is 14.3 Å². The molecule has 0 aromatic carbocycles. The average Bonchev–Trinajstić information content (AvgIpc) is 2.12. The van der Waals surface area contributed by atoms with E-state index in [0.29, 0.717) is 12.8 Å². The molecule has 0 atom stereocenters. The Kier molecular flexibility index (Phi) is 3.65. The summed E-state index contributed by atoms with van der Waals surface area (Å²) >= 11 is 0. The first-order valence-corrected chi connectivity index (χ1v) is 5.76. The van der Waals surface area contributed by atoms with E-state index in [9.17, 15) is 9.59 Å². The molecule has 4 heteroatoms. The minimum atomic E-state index is -0.381. The number of rotatable bonds is 2. The number of ketones is 1. The molecule has 17 heavy (non-hydrogen) atoms. The predicted molar refractivity (Wildman–Crippen MR) is 65.4 cm³/mol. The van der Waals surface area contributed by atoms with Gasteiger partial charge in [0.05, 0.1) is 7.11 Å². The third kappa shape index (κ3) is 3.08. The first-order chi connectivity index (χ1) is 7.69. The maximum absolute atomic E-state index is 11.7. The SMILES string of the molecule is COC(=O)C=CN1C(C)(C)CC(=O)CC1(C)C. The smallest absolute Gasteiger partial charge is 0.331 e. The van der Waals surface area contributed by atoms with Crippen LogP contribution in [0.5, 0.6) is 0 Å². The van der Waals surface area contributed by atoms with Gasteiger partial charge in [-0.2, -0.15) is 0 Å². The van der Waals surface area contributed by atoms with E-state index in [1.54, 1.807) is 6.20 Å². The van der Waals surface area contributed by atoms with Crippen molar-refractivity contribution in [2.24, 2.45) is 0 Å². The zero-order chi connectivity index (χ0) is 13.3. The van der Waals surface area contributed by atoms with Crippen LogP contribution in [0.15, 0.2) is 12.3 Å². The molecule has 1 saturated heterocycles. The number of likely N-dealkylation sites (tertiary alicyclic amines) is 1. The van der Waals surface area contributed by atoms with Gasteiger partial charge in [0.15, 0.2) is 0 Å². The van der Waals surface area contributed by atoms with Gasteiger partial charge in [-0.25, -0.2) is 4.79 Å². The summed E-state index contributed by atoms with van der Waals surface area (Å²) in [6, 6.07) is 0. The lowest BCUT2D eigenvalue weighted by atomic mass is 9.79. The van der Waals surface area contributed by atoms with E-state index >= 15 is 0 Å². The number of nitrogens with zero attached hydrogens (tertiary/aromatic N) is 1. The van der Waals surface area contributed by atoms with Crippen molar-refractivity contribution in [1.29, 1.82) is 0 Å². The summed E-state index contributed by atoms with van der Waals surface area (Å²) in [6.07, 6.45) is 4.14. The fourth-order valence-electron chi connectivity index (χ4n) is 2.62. The van der Waals surface area contributed by atoms with Gasteiger partial charge in [-0.05, 0) is 27.7 Å². The number of esters is 1. The van der Waals surface area contributed by atoms with Crippen LogP contribution in [0.4, 0.5) is 0 Å². The molecule has 1 aliphatic heterocycles. The van der Waals surface area contributed by atoms with Crippen LogP contribution < -0.4 is 0 Å². The molecule has 1 fully saturated rings. The van der Waals surface area contributed by atoms with Gasteiger partial charge in [0.25, 0.3) is 0 Å². The number of Topliss-reactive ketones (excluding diaryl/α,β-unsaturated/α-hetero) is 1. The second kappa shape index (κ2) is 4.51. The van der Waals surface area contributed by atoms with E-state index in [-0.39, 0.29) is 22.8 Å². The fraction of sp³-hybridized carbons (Fsp3) is 0.692. The number of methoxy groups -OCH3 is 1. The molecular weight excluding hydrogens is 218 g/mol. The van der Waals surface area contributed by atoms with Gasteiger partial charge in [0.1, 0.15) is 5.78 Å². The Morgan fingerprint density at radius 3 is 2.12 bits per heavy atom. The number of hydrogen-bond acceptors (Lipinski definition) is 4. The van der Waals surface area contributed by atoms with E-state index < -0.39 is 0 Å². The lowest BCUT2D eigenvalue weighted by Gasteiger charge is -2.51. The molecule has 0 N–H and O–H groups in total. The fourth-order valence-corrected chi connectivity index (χ4v) is 2.62. The Hall–Kier alpha value is -1.32. The monoisotopic (exact) mass is 239 g/mol. The Bertz CT molecular complexity index is 336. The normalized spacial score (nSPS) is 22.9. The molecule has 0 bridgehead atoms. The van der Waals surface area contributed by atoms with Crippen LogP contribution >= 0.6 is 0 Å². The van der Waals surface area contributed by atoms with E-state index in [4.69, 9.17) is 0 Å². The quantitative estimate of drug-likeness (QED) is 0.545. The Morgan fingerprint density at radius 2 is 1.71 bits per heavy atom. The zero-order valence-corrected chi connectivity index (χ0v) is 11.2. The minimum Gasteiger partial charge on any atom is -0.466 e. The van der Waals surface area contributed by atoms with Crippen LogP contribution in [0, 0.1) is 0 Å². The van der Waals surface area contributed by atoms with Crippen molar-refractivity contribution in [3.8, 4) is 0 Å². The predicted octanol–water partition coefficient (Wildman–Crippen LogP) is 1.90. The molecular formula is C13H21NO3. The van der Waals surface area contributed by atoms with Crippen LogP contribution in [0.2, 0.25) is 0 Å². The summed E-state index contributed by atoms with van der Waals surface area (Å²) in [6.45, 7) is 8.03. The van der Waals surface area contributed by atoms with Crippen molar-refractivity contribution >= 4 is 11.8 Å². The van der Waals surface area contributed by atoms with Crippen LogP contribution in [0.1, 0.15) is 40.5 Å². The lowest BCUT2D eigenvalue weighted by molar-refractivity contribution is -0.135. The van der Waals surface area contributed by atoms with Gasteiger partial charge >= 0.3 is 5.97 Å². The van der Waals surface area contributed by atoms with Gasteiger partial charge in [0.2, 0.25) is 0 Å². The molecule has 0 amide bonds. The first kappa shape index (κ1) is 13.7. The molecule has 96 valence electrons. The third-order valence-electron chi connectivity index (χ3n) is 3.12. The topological polar surface area (TPSA) is 46.6 Å². The number of piperidine rings is 1. The Morgan fingerprint density at radius 1 is 1.24 bits per heavy atom. The summed E-state index contributed by atoms with van der Waals surface area (Å²) in [5.41, 5.74) is -0.549. The van der Waals surface area contributed by atoms with Gasteiger partial charge in [-0.3, -0.25) is 4.79 Å². The van der Waals surface area contributed by atoms with Gasteiger partial charge in [-0.15, -0.1) is 0 Å². The molecule has 1 rings (SSSR count). The van der Waals surface area contributed by atoms with Crippen molar-refractivity contribution in [3.63, 3.8) is 0 Å². The maximum Gasteiger partial charge on any atom is 0.331 e. The highest BCUT2D eigenvalue weighted by Crippen LogP contribution is 2.36. The molecule has 0 aromatic rings. The van der Waals surface area contributed by atoms with E-state index in [1.807, 2.05) is 27.7 Å². The highest BCUT2D eigenvalue weighted by molar-refractivity contribution is 5.83. The van der Waals surface area contributed by atoms with Crippen LogP contribution in [-0.2, 0) is 14.3 Å². The Balaban J connectivity index is 2.97. The number of carbonyl (C=O) groups excluding carboxylic acids is 2. The van der Waals surface area contributed by atoms with Crippen molar-refractivity contribution in [1.82, 2.24) is 4.90 Å². The molecule has 0 unspecified atom stereocenters. The highest BCUT2D eigenvalue weighted by atomic mass is 16.5. The first-order valence-electron chi connectivity index (χ1n) is 5.76. The number of carbonyl (C=O) groups is 2. The van der Waals surface area contributed by atoms with Gasteiger partial charge in [-0.1, -0.05) is 0 Å². The van der Waals surface area contributed by atoms with E-state index in [1.165, 1.54) is 13.2 Å². The van der Waals surface area contributed by atoms with E-state index in [0.717, 1.165) is 0 Å². The molecule has 0 saturated carbocycles. The van der Waals surface area contributed by atoms with Crippen LogP contribution in [-0.4, -0.2) is 34.8 Å². The largest absolute Gasteiger partial charge is 0.466 e. The summed E-state index contributed by atoms with van der Waals surface area (Å²) < 4.78 is 4.58. The molecule has 1 heterocycles. The van der Waals surface area contributed by atoms with Gasteiger partial charge < -0.3 is 9.64 Å². The van der Waals surface area contributed by atoms with Crippen LogP contribution in [0.3, 0.4) is 0 Å². The number of hydrogen-bond donors (Lipinski definition) is 0. The van der Waals surface area contributed by atoms with Crippen molar-refractivity contribution in [2.75, 3.05) is 7.11 Å². The second-order valence-corrected chi connectivity index (χ2v) is 5.73. The summed E-state index contributed by atoms with van der Waals surface area (Å²) in [7, 11) is 1.35. The standard InChI is InChI=1S/C13H21NO3/c1-12(2)8-10(15)9-13(3,4)14(12)7-6-11(16)17-5/h6-7H,8-9H2,1-5H3. The summed E-state index contributed by atoms with van der Waals surface area (Å²) in [5.74, 6) is -0.115. The molecule has 0 spiro atoms. The lowest BCUT2D eigenvalue weighted by Crippen LogP contribution is -2.58. The summed E-state index contributed by atoms with van der Waals surface area (Å²) in [4.78, 5) is 24.9. The zero-order valence-electron chi connectivity index (χ0n) is 11.2. The second-order valence-electron chi connectivity index (χ2n) is 5.73. The highest BCUT2D eigenvalue weighted by Gasteiger charge is 2.43. The molecule has 0 radical (unpaired) electrons. The summed E-state index contributed by atoms with van der Waals surface area (Å²) in [5, 5.41) is 0. The Labute approximate surface area is 103 Å². The maximum atomic E-state index is 11.7. The minimum absolute atomic E-state index is 0.266.